The summed E-state index contributed by atoms with van der Waals surface area (Å²) >= 11 is 0. The lowest BCUT2D eigenvalue weighted by Crippen LogP contribution is -2.25. The third-order valence-electron chi connectivity index (χ3n) is 12.1. The van der Waals surface area contributed by atoms with Gasteiger partial charge in [-0.1, -0.05) is 152 Å². The molecule has 0 saturated heterocycles. The standard InChI is InChI=1S/C53H33NO/c1-2-12-34(13-3-1)35-22-25-37(26-23-35)54(39-27-29-44-51(33-39)55-50-31-24-36-14-4-5-15-40(36)52(44)50)38-28-30-49-45(32-38)43-18-8-11-21-48(43)53(49)46-19-9-6-16-41(46)42-17-7-10-20-47(42)53/h1-33H. The van der Waals surface area contributed by atoms with Crippen LogP contribution < -0.4 is 4.90 Å². The SMILES string of the molecule is c1ccc(-c2ccc(N(c3ccc4c(c3)-c3ccccc3C43c4ccccc4-c4ccccc43)c3ccc4c(c3)oc3ccc5ccccc5c34)cc2)cc1. The maximum atomic E-state index is 6.62. The van der Waals surface area contributed by atoms with Gasteiger partial charge in [0.2, 0.25) is 0 Å². The number of rotatable bonds is 4. The fraction of sp³-hybridized carbons (Fsp3) is 0.0189. The van der Waals surface area contributed by atoms with E-state index < -0.39 is 0 Å². The molecule has 2 aliphatic carbocycles. The molecule has 1 spiro atoms. The van der Waals surface area contributed by atoms with E-state index in [9.17, 15) is 0 Å². The van der Waals surface area contributed by atoms with Gasteiger partial charge in [-0.15, -0.1) is 0 Å². The maximum absolute atomic E-state index is 6.62. The fourth-order valence-corrected chi connectivity index (χ4v) is 9.78. The highest BCUT2D eigenvalue weighted by Crippen LogP contribution is 2.63. The molecule has 0 saturated carbocycles. The highest BCUT2D eigenvalue weighted by Gasteiger charge is 2.51. The molecule has 0 atom stereocenters. The molecule has 2 aliphatic rings. The Morgan fingerprint density at radius 3 is 1.62 bits per heavy atom. The summed E-state index contributed by atoms with van der Waals surface area (Å²) in [7, 11) is 0. The Morgan fingerprint density at radius 2 is 0.891 bits per heavy atom. The van der Waals surface area contributed by atoms with E-state index in [1.54, 1.807) is 0 Å². The first kappa shape index (κ1) is 30.3. The van der Waals surface area contributed by atoms with E-state index in [4.69, 9.17) is 4.42 Å². The van der Waals surface area contributed by atoms with Crippen molar-refractivity contribution in [1.29, 1.82) is 0 Å². The van der Waals surface area contributed by atoms with Gasteiger partial charge in [-0.25, -0.2) is 0 Å². The molecule has 0 bridgehead atoms. The van der Waals surface area contributed by atoms with E-state index in [1.807, 2.05) is 0 Å². The first-order valence-corrected chi connectivity index (χ1v) is 19.0. The minimum atomic E-state index is -0.379. The summed E-state index contributed by atoms with van der Waals surface area (Å²) in [5.41, 5.74) is 17.6. The molecule has 0 aliphatic heterocycles. The Hall–Kier alpha value is -7.16. The van der Waals surface area contributed by atoms with Crippen LogP contribution in [0.25, 0.3) is 66.1 Å². The van der Waals surface area contributed by atoms with Gasteiger partial charge >= 0.3 is 0 Å². The summed E-state index contributed by atoms with van der Waals surface area (Å²) < 4.78 is 6.62. The van der Waals surface area contributed by atoms with Gasteiger partial charge in [-0.2, -0.15) is 0 Å². The molecule has 0 N–H and O–H groups in total. The molecule has 0 radical (unpaired) electrons. The number of hydrogen-bond acceptors (Lipinski definition) is 2. The number of nitrogens with zero attached hydrogens (tertiary/aromatic N) is 1. The van der Waals surface area contributed by atoms with Crippen LogP contribution in [0.5, 0.6) is 0 Å². The normalized spacial score (nSPS) is 13.2. The molecule has 2 heteroatoms. The van der Waals surface area contributed by atoms with Crippen molar-refractivity contribution in [3.63, 3.8) is 0 Å². The van der Waals surface area contributed by atoms with Crippen LogP contribution in [-0.4, -0.2) is 0 Å². The lowest BCUT2D eigenvalue weighted by Gasteiger charge is -2.31. The monoisotopic (exact) mass is 699 g/mol. The molecule has 0 fully saturated rings. The van der Waals surface area contributed by atoms with Crippen LogP contribution in [0.2, 0.25) is 0 Å². The summed E-state index contributed by atoms with van der Waals surface area (Å²) in [4.78, 5) is 2.38. The van der Waals surface area contributed by atoms with Crippen molar-refractivity contribution in [3.8, 4) is 33.4 Å². The molecule has 0 unspecified atom stereocenters. The number of benzene rings is 9. The van der Waals surface area contributed by atoms with Crippen LogP contribution in [-0.2, 0) is 5.41 Å². The van der Waals surface area contributed by atoms with Crippen molar-refractivity contribution >= 4 is 49.8 Å². The van der Waals surface area contributed by atoms with Crippen molar-refractivity contribution in [3.05, 3.63) is 222 Å². The molecular weight excluding hydrogens is 667 g/mol. The average Bonchev–Trinajstić information content (AvgIpc) is 3.88. The van der Waals surface area contributed by atoms with Crippen LogP contribution in [0.3, 0.4) is 0 Å². The van der Waals surface area contributed by atoms with Crippen molar-refractivity contribution in [2.24, 2.45) is 0 Å². The molecule has 1 aromatic heterocycles. The topological polar surface area (TPSA) is 16.4 Å². The molecular formula is C53H33NO. The quantitative estimate of drug-likeness (QED) is 0.182. The van der Waals surface area contributed by atoms with Crippen molar-refractivity contribution in [2.75, 3.05) is 4.90 Å². The van der Waals surface area contributed by atoms with Crippen LogP contribution in [0.15, 0.2) is 205 Å². The van der Waals surface area contributed by atoms with Crippen molar-refractivity contribution in [1.82, 2.24) is 0 Å². The molecule has 256 valence electrons. The predicted octanol–water partition coefficient (Wildman–Crippen LogP) is 14.2. The van der Waals surface area contributed by atoms with E-state index in [2.05, 4.69) is 205 Å². The second-order valence-electron chi connectivity index (χ2n) is 14.8. The Labute approximate surface area is 319 Å². The lowest BCUT2D eigenvalue weighted by atomic mass is 9.70. The first-order valence-electron chi connectivity index (χ1n) is 19.0. The number of hydrogen-bond donors (Lipinski definition) is 0. The second-order valence-corrected chi connectivity index (χ2v) is 14.8. The first-order chi connectivity index (χ1) is 27.3. The van der Waals surface area contributed by atoms with E-state index in [1.165, 1.54) is 66.4 Å². The average molecular weight is 700 g/mol. The van der Waals surface area contributed by atoms with Gasteiger partial charge in [0.25, 0.3) is 0 Å². The third-order valence-corrected chi connectivity index (χ3v) is 12.1. The lowest BCUT2D eigenvalue weighted by molar-refractivity contribution is 0.669. The Kier molecular flexibility index (Phi) is 6.29. The predicted molar refractivity (Wildman–Crippen MR) is 228 cm³/mol. The second kappa shape index (κ2) is 11.4. The summed E-state index contributed by atoms with van der Waals surface area (Å²) in [6, 6.07) is 73.1. The molecule has 2 nitrogen and oxygen atoms in total. The largest absolute Gasteiger partial charge is 0.456 e. The number of fused-ring (bicyclic) bond motifs is 15. The van der Waals surface area contributed by atoms with Crippen molar-refractivity contribution in [2.45, 2.75) is 5.41 Å². The highest BCUT2D eigenvalue weighted by atomic mass is 16.3. The van der Waals surface area contributed by atoms with E-state index in [0.29, 0.717) is 0 Å². The minimum absolute atomic E-state index is 0.379. The molecule has 1 heterocycles. The minimum Gasteiger partial charge on any atom is -0.456 e. The highest BCUT2D eigenvalue weighted by molar-refractivity contribution is 6.19. The third kappa shape index (κ3) is 4.19. The zero-order chi connectivity index (χ0) is 36.1. The van der Waals surface area contributed by atoms with Crippen LogP contribution >= 0.6 is 0 Å². The molecule has 0 amide bonds. The van der Waals surface area contributed by atoms with Gasteiger partial charge in [0.15, 0.2) is 0 Å². The van der Waals surface area contributed by atoms with E-state index >= 15 is 0 Å². The van der Waals surface area contributed by atoms with Crippen LogP contribution in [0.1, 0.15) is 22.3 Å². The Balaban J connectivity index is 1.08. The zero-order valence-electron chi connectivity index (χ0n) is 29.9. The van der Waals surface area contributed by atoms with Gasteiger partial charge in [-0.3, -0.25) is 0 Å². The summed E-state index contributed by atoms with van der Waals surface area (Å²) in [5.74, 6) is 0. The number of anilines is 3. The molecule has 12 rings (SSSR count). The smallest absolute Gasteiger partial charge is 0.137 e. The molecule has 9 aromatic carbocycles. The summed E-state index contributed by atoms with van der Waals surface area (Å²) in [5, 5.41) is 4.71. The van der Waals surface area contributed by atoms with E-state index in [-0.39, 0.29) is 5.41 Å². The van der Waals surface area contributed by atoms with Crippen LogP contribution in [0, 0.1) is 0 Å². The summed E-state index contributed by atoms with van der Waals surface area (Å²) in [6.07, 6.45) is 0. The Bertz CT molecular complexity index is 3110. The van der Waals surface area contributed by atoms with Crippen molar-refractivity contribution < 1.29 is 4.42 Å². The molecule has 55 heavy (non-hydrogen) atoms. The number of furan rings is 1. The maximum Gasteiger partial charge on any atom is 0.137 e. The van der Waals surface area contributed by atoms with Crippen LogP contribution in [0.4, 0.5) is 17.1 Å². The van der Waals surface area contributed by atoms with Gasteiger partial charge in [-0.05, 0) is 109 Å². The van der Waals surface area contributed by atoms with E-state index in [0.717, 1.165) is 39.0 Å². The Morgan fingerprint density at radius 1 is 0.345 bits per heavy atom. The summed E-state index contributed by atoms with van der Waals surface area (Å²) in [6.45, 7) is 0. The molecule has 10 aromatic rings. The fourth-order valence-electron chi connectivity index (χ4n) is 9.78. The zero-order valence-corrected chi connectivity index (χ0v) is 29.9. The van der Waals surface area contributed by atoms with Gasteiger partial charge in [0.05, 0.1) is 5.41 Å². The van der Waals surface area contributed by atoms with Gasteiger partial charge < -0.3 is 9.32 Å². The van der Waals surface area contributed by atoms with Gasteiger partial charge in [0.1, 0.15) is 11.2 Å². The van der Waals surface area contributed by atoms with Gasteiger partial charge in [0, 0.05) is 33.9 Å².